The van der Waals surface area contributed by atoms with Crippen LogP contribution in [0.1, 0.15) is 84.6 Å². The summed E-state index contributed by atoms with van der Waals surface area (Å²) >= 11 is 0. The summed E-state index contributed by atoms with van der Waals surface area (Å²) in [5.41, 5.74) is 9.54. The molecule has 1 aliphatic rings. The number of phosphoric acid groups is 1. The maximum Gasteiger partial charge on any atom is 0.524 e. The quantitative estimate of drug-likeness (QED) is 0.0689. The van der Waals surface area contributed by atoms with E-state index in [0.29, 0.717) is 18.4 Å². The molecule has 2 rings (SSSR count). The SMILES string of the molecule is CC(=O)N[C@@H](Cc1ccc(OP(=O)(O)O)cc1)C(=O)N[C@@H](CC(C)C)C(=O)NC1(C(=O)N[C@@H](CCC(N)=O)C(=O)N[C@H](C(N)=O)C(C)O)CCCCC1. The zero-order valence-corrected chi connectivity index (χ0v) is 31.1. The Morgan fingerprint density at radius 1 is 0.830 bits per heavy atom. The molecular weight excluding hydrogens is 717 g/mol. The van der Waals surface area contributed by atoms with Crippen molar-refractivity contribution in [3.63, 3.8) is 0 Å². The van der Waals surface area contributed by atoms with E-state index in [1.165, 1.54) is 38.1 Å². The molecule has 5 atom stereocenters. The summed E-state index contributed by atoms with van der Waals surface area (Å²) < 4.78 is 15.7. The number of aliphatic hydroxyl groups is 1. The molecule has 0 aliphatic heterocycles. The number of carbonyl (C=O) groups is 7. The number of phosphoric ester groups is 1. The molecule has 53 heavy (non-hydrogen) atoms. The molecule has 0 radical (unpaired) electrons. The van der Waals surface area contributed by atoms with Crippen molar-refractivity contribution in [1.82, 2.24) is 26.6 Å². The first-order chi connectivity index (χ1) is 24.6. The Labute approximate surface area is 307 Å². The lowest BCUT2D eigenvalue weighted by Gasteiger charge is -2.39. The van der Waals surface area contributed by atoms with E-state index in [1.807, 2.05) is 13.8 Å². The van der Waals surface area contributed by atoms with Gasteiger partial charge in [-0.2, -0.15) is 0 Å². The molecule has 0 spiro atoms. The zero-order chi connectivity index (χ0) is 40.1. The van der Waals surface area contributed by atoms with Gasteiger partial charge in [0.15, 0.2) is 0 Å². The summed E-state index contributed by atoms with van der Waals surface area (Å²) in [6.07, 6.45) is 0.260. The minimum absolute atomic E-state index is 0.0651. The molecule has 20 heteroatoms. The van der Waals surface area contributed by atoms with E-state index in [1.54, 1.807) is 0 Å². The predicted octanol–water partition coefficient (Wildman–Crippen LogP) is -1.34. The Bertz CT molecular complexity index is 1530. The van der Waals surface area contributed by atoms with Gasteiger partial charge in [-0.15, -0.1) is 0 Å². The number of aliphatic hydroxyl groups excluding tert-OH is 1. The number of benzene rings is 1. The first-order valence-corrected chi connectivity index (χ1v) is 18.8. The molecule has 19 nitrogen and oxygen atoms in total. The fourth-order valence-electron chi connectivity index (χ4n) is 5.91. The van der Waals surface area contributed by atoms with Crippen LogP contribution in [0.3, 0.4) is 0 Å². The van der Waals surface area contributed by atoms with Crippen molar-refractivity contribution in [2.75, 3.05) is 0 Å². The third-order valence-electron chi connectivity index (χ3n) is 8.51. The maximum atomic E-state index is 14.0. The Morgan fingerprint density at radius 2 is 1.42 bits per heavy atom. The van der Waals surface area contributed by atoms with Gasteiger partial charge in [0.25, 0.3) is 0 Å². The van der Waals surface area contributed by atoms with Crippen LogP contribution in [0.2, 0.25) is 0 Å². The smallest absolute Gasteiger partial charge is 0.404 e. The Kier molecular flexibility index (Phi) is 16.8. The molecule has 1 unspecified atom stereocenters. The van der Waals surface area contributed by atoms with E-state index in [4.69, 9.17) is 21.3 Å². The van der Waals surface area contributed by atoms with Crippen LogP contribution < -0.4 is 42.6 Å². The fourth-order valence-corrected chi connectivity index (χ4v) is 6.31. The molecule has 0 bridgehead atoms. The van der Waals surface area contributed by atoms with Gasteiger partial charge in [0.05, 0.1) is 6.10 Å². The van der Waals surface area contributed by atoms with Crippen molar-refractivity contribution in [3.05, 3.63) is 29.8 Å². The Balaban J connectivity index is 2.34. The topological polar surface area (TPSA) is 319 Å². The lowest BCUT2D eigenvalue weighted by molar-refractivity contribution is -0.139. The second kappa shape index (κ2) is 20.0. The molecule has 12 N–H and O–H groups in total. The van der Waals surface area contributed by atoms with Gasteiger partial charge in [0, 0.05) is 19.8 Å². The molecule has 0 saturated heterocycles. The zero-order valence-electron chi connectivity index (χ0n) is 30.3. The van der Waals surface area contributed by atoms with Crippen LogP contribution in [0, 0.1) is 5.92 Å². The van der Waals surface area contributed by atoms with Crippen molar-refractivity contribution < 1.29 is 57.5 Å². The van der Waals surface area contributed by atoms with Crippen molar-refractivity contribution in [3.8, 4) is 5.75 Å². The molecule has 1 aromatic carbocycles. The minimum Gasteiger partial charge on any atom is -0.404 e. The van der Waals surface area contributed by atoms with Gasteiger partial charge < -0.3 is 47.7 Å². The van der Waals surface area contributed by atoms with Crippen LogP contribution >= 0.6 is 7.82 Å². The number of rotatable bonds is 20. The predicted molar refractivity (Wildman–Crippen MR) is 189 cm³/mol. The van der Waals surface area contributed by atoms with E-state index >= 15 is 0 Å². The average molecular weight is 770 g/mol. The van der Waals surface area contributed by atoms with E-state index < -0.39 is 85.0 Å². The summed E-state index contributed by atoms with van der Waals surface area (Å²) in [5.74, 6) is -5.68. The fraction of sp³-hybridized carbons (Fsp3) is 0.606. The standard InChI is InChI=1S/C33H52N7O12P/c1-18(2)16-24(37-30(46)25(36-20(4)42)17-21-8-10-22(11-9-21)52-53(49,50)51)31(47)40-33(14-6-5-7-15-33)32(48)38-23(12-13-26(34)43)29(45)39-27(19(3)41)28(35)44/h8-11,18-19,23-25,27,41H,5-7,12-17H2,1-4H3,(H2,34,43)(H2,35,44)(H,36,42)(H,37,46)(H,38,48)(H,39,45)(H,40,47)(H2,49,50,51)/t19?,23-,24-,25-,27-/m0/s1. The molecule has 0 aromatic heterocycles. The van der Waals surface area contributed by atoms with Crippen molar-refractivity contribution in [2.24, 2.45) is 17.4 Å². The molecule has 1 saturated carbocycles. The van der Waals surface area contributed by atoms with Crippen molar-refractivity contribution in [2.45, 2.75) is 121 Å². The summed E-state index contributed by atoms with van der Waals surface area (Å²) in [7, 11) is -4.80. The minimum atomic E-state index is -4.80. The van der Waals surface area contributed by atoms with Crippen LogP contribution in [0.4, 0.5) is 0 Å². The summed E-state index contributed by atoms with van der Waals surface area (Å²) in [4.78, 5) is 108. The number of primary amides is 2. The van der Waals surface area contributed by atoms with Crippen molar-refractivity contribution in [1.29, 1.82) is 0 Å². The van der Waals surface area contributed by atoms with E-state index in [9.17, 15) is 43.2 Å². The summed E-state index contributed by atoms with van der Waals surface area (Å²) in [6.45, 7) is 6.07. The van der Waals surface area contributed by atoms with Crippen LogP contribution in [0.5, 0.6) is 5.75 Å². The molecule has 1 aromatic rings. The number of amides is 7. The number of hydrogen-bond acceptors (Lipinski definition) is 10. The van der Waals surface area contributed by atoms with E-state index in [-0.39, 0.29) is 50.2 Å². The lowest BCUT2D eigenvalue weighted by Crippen LogP contribution is -2.66. The number of hydrogen-bond donors (Lipinski definition) is 10. The molecule has 7 amide bonds. The van der Waals surface area contributed by atoms with Gasteiger partial charge in [0.1, 0.15) is 35.5 Å². The molecule has 1 aliphatic carbocycles. The van der Waals surface area contributed by atoms with Gasteiger partial charge in [-0.3, -0.25) is 43.3 Å². The number of nitrogens with two attached hydrogens (primary N) is 2. The third kappa shape index (κ3) is 15.1. The Hall–Kier alpha value is -4.58. The highest BCUT2D eigenvalue weighted by Gasteiger charge is 2.44. The average Bonchev–Trinajstić information content (AvgIpc) is 3.04. The monoisotopic (exact) mass is 769 g/mol. The van der Waals surface area contributed by atoms with E-state index in [0.717, 1.165) is 6.42 Å². The van der Waals surface area contributed by atoms with Gasteiger partial charge in [-0.1, -0.05) is 45.2 Å². The summed E-state index contributed by atoms with van der Waals surface area (Å²) in [6, 6.07) is 0.207. The highest BCUT2D eigenvalue weighted by Crippen LogP contribution is 2.37. The first kappa shape index (κ1) is 44.6. The highest BCUT2D eigenvalue weighted by molar-refractivity contribution is 7.46. The highest BCUT2D eigenvalue weighted by atomic mass is 31.2. The Morgan fingerprint density at radius 3 is 1.91 bits per heavy atom. The molecular formula is C33H52N7O12P. The number of carbonyl (C=O) groups excluding carboxylic acids is 7. The van der Waals surface area contributed by atoms with Gasteiger partial charge >= 0.3 is 7.82 Å². The normalized spacial score (nSPS) is 16.8. The van der Waals surface area contributed by atoms with Crippen LogP contribution in [-0.4, -0.2) is 92.1 Å². The molecule has 1 fully saturated rings. The first-order valence-electron chi connectivity index (χ1n) is 17.2. The largest absolute Gasteiger partial charge is 0.524 e. The second-order valence-electron chi connectivity index (χ2n) is 13.7. The molecule has 296 valence electrons. The van der Waals surface area contributed by atoms with Crippen LogP contribution in [0.25, 0.3) is 0 Å². The third-order valence-corrected chi connectivity index (χ3v) is 8.96. The number of nitrogens with one attached hydrogen (secondary N) is 5. The lowest BCUT2D eigenvalue weighted by atomic mass is 9.80. The van der Waals surface area contributed by atoms with Gasteiger partial charge in [-0.25, -0.2) is 4.57 Å². The summed E-state index contributed by atoms with van der Waals surface area (Å²) in [5, 5.41) is 22.8. The van der Waals surface area contributed by atoms with Crippen LogP contribution in [-0.2, 0) is 44.5 Å². The van der Waals surface area contributed by atoms with E-state index in [2.05, 4.69) is 31.1 Å². The van der Waals surface area contributed by atoms with Crippen LogP contribution in [0.15, 0.2) is 24.3 Å². The maximum absolute atomic E-state index is 14.0. The molecule has 0 heterocycles. The van der Waals surface area contributed by atoms with Crippen molar-refractivity contribution >= 4 is 49.2 Å². The van der Waals surface area contributed by atoms with Gasteiger partial charge in [-0.05, 0) is 56.2 Å². The second-order valence-corrected chi connectivity index (χ2v) is 14.8. The van der Waals surface area contributed by atoms with Gasteiger partial charge in [0.2, 0.25) is 41.4 Å².